The molecule has 1 aromatic carbocycles. The standard InChI is InChI=1S/C30H38N4O/c1-22(31-2)28-14-9-15-29(32-28)30(35)34-20-26(24-12-7-4-8-13-24)18-27(34)21-33-17-16-25(19-33)23-10-5-3-6-11-23/h3-10,12-15,22-23,25-27,31H,11,16-21H2,1-2H3/t22?,23?,25-,26-,27-/m0/s1. The van der Waals surface area contributed by atoms with Crippen molar-refractivity contribution < 1.29 is 4.79 Å². The first kappa shape index (κ1) is 24.0. The second kappa shape index (κ2) is 10.9. The molecule has 5 atom stereocenters. The molecule has 0 saturated carbocycles. The highest BCUT2D eigenvalue weighted by Crippen LogP contribution is 2.35. The predicted octanol–water partition coefficient (Wildman–Crippen LogP) is 4.81. The lowest BCUT2D eigenvalue weighted by Crippen LogP contribution is -2.43. The van der Waals surface area contributed by atoms with Crippen molar-refractivity contribution in [2.75, 3.05) is 33.2 Å². The highest BCUT2D eigenvalue weighted by molar-refractivity contribution is 5.93. The van der Waals surface area contributed by atoms with E-state index in [1.165, 1.54) is 12.0 Å². The van der Waals surface area contributed by atoms with Crippen LogP contribution in [-0.2, 0) is 0 Å². The average Bonchev–Trinajstić information content (AvgIpc) is 3.56. The molecule has 1 N–H and O–H groups in total. The van der Waals surface area contributed by atoms with Crippen LogP contribution in [0.2, 0.25) is 0 Å². The fourth-order valence-corrected chi connectivity index (χ4v) is 6.04. The molecule has 2 fully saturated rings. The maximum Gasteiger partial charge on any atom is 0.272 e. The first-order valence-corrected chi connectivity index (χ1v) is 13.2. The van der Waals surface area contributed by atoms with Crippen LogP contribution < -0.4 is 5.32 Å². The molecule has 5 nitrogen and oxygen atoms in total. The molecule has 5 heteroatoms. The molecule has 2 aromatic rings. The quantitative estimate of drug-likeness (QED) is 0.631. The van der Waals surface area contributed by atoms with E-state index in [0.29, 0.717) is 23.4 Å². The SMILES string of the molecule is CNC(C)c1cccc(C(=O)N2C[C@@H](c3ccccc3)C[C@H]2CN2CC[C@H](C3C=CC=CC3)C2)n1. The van der Waals surface area contributed by atoms with E-state index in [-0.39, 0.29) is 18.0 Å². The van der Waals surface area contributed by atoms with Gasteiger partial charge in [0.1, 0.15) is 5.69 Å². The molecule has 5 rings (SSSR count). The Labute approximate surface area is 209 Å². The van der Waals surface area contributed by atoms with E-state index in [4.69, 9.17) is 4.98 Å². The van der Waals surface area contributed by atoms with Crippen molar-refractivity contribution in [1.29, 1.82) is 0 Å². The summed E-state index contributed by atoms with van der Waals surface area (Å²) in [7, 11) is 1.92. The summed E-state index contributed by atoms with van der Waals surface area (Å²) >= 11 is 0. The van der Waals surface area contributed by atoms with Crippen molar-refractivity contribution in [3.63, 3.8) is 0 Å². The summed E-state index contributed by atoms with van der Waals surface area (Å²) in [6, 6.07) is 16.8. The number of hydrogen-bond acceptors (Lipinski definition) is 4. The van der Waals surface area contributed by atoms with Gasteiger partial charge in [0.25, 0.3) is 5.91 Å². The van der Waals surface area contributed by atoms with Gasteiger partial charge in [-0.15, -0.1) is 0 Å². The molecular formula is C30H38N4O. The Morgan fingerprint density at radius 3 is 2.74 bits per heavy atom. The number of nitrogens with one attached hydrogen (secondary N) is 1. The topological polar surface area (TPSA) is 48.5 Å². The predicted molar refractivity (Wildman–Crippen MR) is 141 cm³/mol. The zero-order chi connectivity index (χ0) is 24.2. The number of pyridine rings is 1. The normalized spacial score (nSPS) is 27.4. The van der Waals surface area contributed by atoms with Gasteiger partial charge in [-0.05, 0) is 69.3 Å². The number of amides is 1. The lowest BCUT2D eigenvalue weighted by atomic mass is 9.86. The molecule has 35 heavy (non-hydrogen) atoms. The third-order valence-corrected chi connectivity index (χ3v) is 8.21. The summed E-state index contributed by atoms with van der Waals surface area (Å²) in [6.45, 7) is 6.03. The zero-order valence-corrected chi connectivity index (χ0v) is 21.0. The second-order valence-electron chi connectivity index (χ2n) is 10.4. The molecule has 2 aliphatic heterocycles. The number of rotatable bonds is 7. The Balaban J connectivity index is 1.33. The van der Waals surface area contributed by atoms with E-state index in [9.17, 15) is 4.79 Å². The van der Waals surface area contributed by atoms with E-state index in [1.807, 2.05) is 25.2 Å². The molecule has 0 radical (unpaired) electrons. The minimum atomic E-state index is 0.0645. The fraction of sp³-hybridized carbons (Fsp3) is 0.467. The Bertz CT molecular complexity index is 1070. The molecule has 2 saturated heterocycles. The van der Waals surface area contributed by atoms with Crippen LogP contribution in [0, 0.1) is 11.8 Å². The summed E-state index contributed by atoms with van der Waals surface area (Å²) in [5.74, 6) is 1.81. The molecule has 2 unspecified atom stereocenters. The number of nitrogens with zero attached hydrogens (tertiary/aromatic N) is 3. The Morgan fingerprint density at radius 2 is 1.97 bits per heavy atom. The molecule has 1 amide bonds. The van der Waals surface area contributed by atoms with Crippen LogP contribution in [-0.4, -0.2) is 60.0 Å². The fourth-order valence-electron chi connectivity index (χ4n) is 6.04. The molecule has 1 aromatic heterocycles. The van der Waals surface area contributed by atoms with Gasteiger partial charge in [-0.25, -0.2) is 4.98 Å². The molecule has 3 heterocycles. The van der Waals surface area contributed by atoms with Crippen LogP contribution in [0.25, 0.3) is 0 Å². The van der Waals surface area contributed by atoms with Crippen molar-refractivity contribution in [3.8, 4) is 0 Å². The summed E-state index contributed by atoms with van der Waals surface area (Å²) in [5, 5.41) is 3.23. The summed E-state index contributed by atoms with van der Waals surface area (Å²) in [4.78, 5) is 23.2. The van der Waals surface area contributed by atoms with E-state index in [0.717, 1.165) is 44.7 Å². The summed E-state index contributed by atoms with van der Waals surface area (Å²) < 4.78 is 0. The zero-order valence-electron chi connectivity index (χ0n) is 21.0. The Morgan fingerprint density at radius 1 is 1.11 bits per heavy atom. The van der Waals surface area contributed by atoms with Crippen molar-refractivity contribution in [1.82, 2.24) is 20.1 Å². The van der Waals surface area contributed by atoms with E-state index in [1.54, 1.807) is 0 Å². The highest BCUT2D eigenvalue weighted by atomic mass is 16.2. The minimum absolute atomic E-state index is 0.0645. The van der Waals surface area contributed by atoms with E-state index >= 15 is 0 Å². The highest BCUT2D eigenvalue weighted by Gasteiger charge is 2.39. The smallest absolute Gasteiger partial charge is 0.272 e. The number of allylic oxidation sites excluding steroid dienone is 4. The van der Waals surface area contributed by atoms with Crippen LogP contribution >= 0.6 is 0 Å². The maximum absolute atomic E-state index is 13.8. The van der Waals surface area contributed by atoms with Crippen molar-refractivity contribution >= 4 is 5.91 Å². The van der Waals surface area contributed by atoms with Crippen LogP contribution in [0.3, 0.4) is 0 Å². The maximum atomic E-state index is 13.8. The molecule has 0 spiro atoms. The van der Waals surface area contributed by atoms with E-state index < -0.39 is 0 Å². The minimum Gasteiger partial charge on any atom is -0.332 e. The number of aromatic nitrogens is 1. The number of likely N-dealkylation sites (tertiary alicyclic amines) is 2. The van der Waals surface area contributed by atoms with Gasteiger partial charge >= 0.3 is 0 Å². The van der Waals surface area contributed by atoms with Gasteiger partial charge in [0.2, 0.25) is 0 Å². The number of benzene rings is 1. The van der Waals surface area contributed by atoms with Gasteiger partial charge in [-0.1, -0.05) is 60.7 Å². The van der Waals surface area contributed by atoms with Gasteiger partial charge < -0.3 is 15.1 Å². The van der Waals surface area contributed by atoms with Gasteiger partial charge in [0.15, 0.2) is 0 Å². The van der Waals surface area contributed by atoms with Gasteiger partial charge in [0, 0.05) is 37.6 Å². The number of carbonyl (C=O) groups is 1. The summed E-state index contributed by atoms with van der Waals surface area (Å²) in [5.41, 5.74) is 2.80. The van der Waals surface area contributed by atoms with Crippen LogP contribution in [0.4, 0.5) is 0 Å². The first-order valence-electron chi connectivity index (χ1n) is 13.2. The second-order valence-corrected chi connectivity index (χ2v) is 10.4. The Hall–Kier alpha value is -2.76. The lowest BCUT2D eigenvalue weighted by Gasteiger charge is -2.29. The van der Waals surface area contributed by atoms with Crippen molar-refractivity contribution in [2.45, 2.75) is 44.2 Å². The average molecular weight is 471 g/mol. The number of hydrogen-bond donors (Lipinski definition) is 1. The van der Waals surface area contributed by atoms with Gasteiger partial charge in [-0.3, -0.25) is 4.79 Å². The molecule has 184 valence electrons. The number of carbonyl (C=O) groups excluding carboxylic acids is 1. The first-order chi connectivity index (χ1) is 17.1. The molecule has 0 bridgehead atoms. The van der Waals surface area contributed by atoms with Gasteiger partial charge in [-0.2, -0.15) is 0 Å². The third kappa shape index (κ3) is 5.41. The largest absolute Gasteiger partial charge is 0.332 e. The van der Waals surface area contributed by atoms with Crippen LogP contribution in [0.5, 0.6) is 0 Å². The van der Waals surface area contributed by atoms with E-state index in [2.05, 4.69) is 76.7 Å². The monoisotopic (exact) mass is 470 g/mol. The third-order valence-electron chi connectivity index (χ3n) is 8.21. The van der Waals surface area contributed by atoms with Crippen LogP contribution in [0.15, 0.2) is 72.8 Å². The molecule has 1 aliphatic carbocycles. The van der Waals surface area contributed by atoms with Crippen LogP contribution in [0.1, 0.15) is 59.9 Å². The molecular weight excluding hydrogens is 432 g/mol. The lowest BCUT2D eigenvalue weighted by molar-refractivity contribution is 0.0699. The molecule has 3 aliphatic rings. The van der Waals surface area contributed by atoms with Gasteiger partial charge in [0.05, 0.1) is 5.69 Å². The van der Waals surface area contributed by atoms with Crippen molar-refractivity contribution in [3.05, 3.63) is 89.8 Å². The summed E-state index contributed by atoms with van der Waals surface area (Å²) in [6.07, 6.45) is 12.5. The van der Waals surface area contributed by atoms with Crippen molar-refractivity contribution in [2.24, 2.45) is 11.8 Å². The Kier molecular flexibility index (Phi) is 7.45.